The number of sulfone groups is 1. The number of carbonyl (C=O) groups excluding carboxylic acids is 1. The molecule has 3 aromatic rings. The molecule has 0 heterocycles. The minimum Gasteiger partial charge on any atom is -0.497 e. The highest BCUT2D eigenvalue weighted by atomic mass is 32.2. The maximum Gasteiger partial charge on any atom is 0.243 e. The fraction of sp³-hybridized carbons (Fsp3) is 0.208. The molecule has 0 aromatic heterocycles. The van der Waals surface area contributed by atoms with E-state index in [9.17, 15) is 13.2 Å². The molecule has 6 nitrogen and oxygen atoms in total. The summed E-state index contributed by atoms with van der Waals surface area (Å²) in [5, 5.41) is 5.87. The van der Waals surface area contributed by atoms with E-state index in [4.69, 9.17) is 4.74 Å². The lowest BCUT2D eigenvalue weighted by atomic mass is 10.1. The molecule has 1 amide bonds. The van der Waals surface area contributed by atoms with E-state index in [0.29, 0.717) is 22.7 Å². The number of ether oxygens (including phenoxy) is 1. The summed E-state index contributed by atoms with van der Waals surface area (Å²) in [6.45, 7) is 5.48. The van der Waals surface area contributed by atoms with Crippen molar-refractivity contribution in [3.8, 4) is 5.75 Å². The Bertz CT molecular complexity index is 1190. The van der Waals surface area contributed by atoms with Gasteiger partial charge in [-0.15, -0.1) is 0 Å². The molecule has 0 aliphatic carbocycles. The Hall–Kier alpha value is -3.32. The van der Waals surface area contributed by atoms with Crippen LogP contribution in [0.1, 0.15) is 16.7 Å². The SMILES string of the molecule is COc1ccc(NC(=O)CNc2cc(C)cc(S(=O)(=O)c3ccc(C)cc3)c2C)cc1. The van der Waals surface area contributed by atoms with Gasteiger partial charge in [0.15, 0.2) is 0 Å². The van der Waals surface area contributed by atoms with Crippen LogP contribution in [0.2, 0.25) is 0 Å². The highest BCUT2D eigenvalue weighted by Gasteiger charge is 2.22. The zero-order valence-corrected chi connectivity index (χ0v) is 18.8. The zero-order chi connectivity index (χ0) is 22.6. The molecule has 0 radical (unpaired) electrons. The molecule has 0 fully saturated rings. The average molecular weight is 439 g/mol. The number of carbonyl (C=O) groups is 1. The predicted molar refractivity (Wildman–Crippen MR) is 123 cm³/mol. The summed E-state index contributed by atoms with van der Waals surface area (Å²) in [5.41, 5.74) is 3.61. The molecule has 2 N–H and O–H groups in total. The number of rotatable bonds is 7. The summed E-state index contributed by atoms with van der Waals surface area (Å²) < 4.78 is 31.5. The van der Waals surface area contributed by atoms with Gasteiger partial charge in [-0.2, -0.15) is 0 Å². The molecule has 0 aliphatic heterocycles. The number of benzene rings is 3. The van der Waals surface area contributed by atoms with Crippen LogP contribution in [-0.2, 0) is 14.6 Å². The van der Waals surface area contributed by atoms with E-state index >= 15 is 0 Å². The van der Waals surface area contributed by atoms with Gasteiger partial charge in [-0.3, -0.25) is 4.79 Å². The second-order valence-electron chi connectivity index (χ2n) is 7.38. The average Bonchev–Trinajstić information content (AvgIpc) is 2.75. The maximum absolute atomic E-state index is 13.2. The molecule has 3 aromatic carbocycles. The van der Waals surface area contributed by atoms with Gasteiger partial charge in [0, 0.05) is 11.4 Å². The first-order valence-corrected chi connectivity index (χ1v) is 11.3. The zero-order valence-electron chi connectivity index (χ0n) is 18.0. The maximum atomic E-state index is 13.2. The van der Waals surface area contributed by atoms with Crippen LogP contribution in [0.4, 0.5) is 11.4 Å². The van der Waals surface area contributed by atoms with Crippen LogP contribution in [0, 0.1) is 20.8 Å². The Labute approximate surface area is 183 Å². The highest BCUT2D eigenvalue weighted by Crippen LogP contribution is 2.30. The number of amides is 1. The first kappa shape index (κ1) is 22.4. The van der Waals surface area contributed by atoms with Crippen LogP contribution in [0.5, 0.6) is 5.75 Å². The Balaban J connectivity index is 1.78. The molecule has 0 bridgehead atoms. The molecular formula is C24H26N2O4S. The molecule has 0 unspecified atom stereocenters. The van der Waals surface area contributed by atoms with E-state index in [1.807, 2.05) is 19.9 Å². The van der Waals surface area contributed by atoms with Gasteiger partial charge in [0.25, 0.3) is 0 Å². The lowest BCUT2D eigenvalue weighted by molar-refractivity contribution is -0.114. The summed E-state index contributed by atoms with van der Waals surface area (Å²) in [6.07, 6.45) is 0. The summed E-state index contributed by atoms with van der Waals surface area (Å²) in [4.78, 5) is 12.8. The minimum absolute atomic E-state index is 0.000339. The molecule has 162 valence electrons. The Morgan fingerprint density at radius 2 is 1.55 bits per heavy atom. The lowest BCUT2D eigenvalue weighted by Crippen LogP contribution is -2.22. The number of methoxy groups -OCH3 is 1. The standard InChI is InChI=1S/C24H26N2O4S/c1-16-5-11-21(12-6-16)31(28,29)23-14-17(2)13-22(18(23)3)25-15-24(27)26-19-7-9-20(30-4)10-8-19/h5-14,25H,15H2,1-4H3,(H,26,27). The van der Waals surface area contributed by atoms with Crippen molar-refractivity contribution in [2.75, 3.05) is 24.3 Å². The van der Waals surface area contributed by atoms with Gasteiger partial charge in [0.2, 0.25) is 15.7 Å². The summed E-state index contributed by atoms with van der Waals surface area (Å²) in [6, 6.07) is 17.3. The minimum atomic E-state index is -3.68. The van der Waals surface area contributed by atoms with Gasteiger partial charge in [-0.1, -0.05) is 17.7 Å². The van der Waals surface area contributed by atoms with Crippen LogP contribution in [-0.4, -0.2) is 28.0 Å². The summed E-state index contributed by atoms with van der Waals surface area (Å²) >= 11 is 0. The normalized spacial score (nSPS) is 11.1. The Morgan fingerprint density at radius 1 is 0.903 bits per heavy atom. The van der Waals surface area contributed by atoms with Crippen LogP contribution in [0.15, 0.2) is 70.5 Å². The number of nitrogens with one attached hydrogen (secondary N) is 2. The van der Waals surface area contributed by atoms with Crippen molar-refractivity contribution in [1.29, 1.82) is 0 Å². The molecular weight excluding hydrogens is 412 g/mol. The molecule has 0 aliphatic rings. The quantitative estimate of drug-likeness (QED) is 0.567. The van der Waals surface area contributed by atoms with Crippen molar-refractivity contribution in [2.45, 2.75) is 30.6 Å². The van der Waals surface area contributed by atoms with E-state index in [1.54, 1.807) is 68.6 Å². The number of aryl methyl sites for hydroxylation is 2. The molecule has 31 heavy (non-hydrogen) atoms. The van der Waals surface area contributed by atoms with E-state index in [0.717, 1.165) is 11.1 Å². The van der Waals surface area contributed by atoms with E-state index < -0.39 is 9.84 Å². The van der Waals surface area contributed by atoms with E-state index in [-0.39, 0.29) is 22.2 Å². The van der Waals surface area contributed by atoms with Gasteiger partial charge < -0.3 is 15.4 Å². The van der Waals surface area contributed by atoms with Crippen molar-refractivity contribution >= 4 is 27.1 Å². The predicted octanol–water partition coefficient (Wildman–Crippen LogP) is 4.50. The molecule has 0 saturated carbocycles. The molecule has 3 rings (SSSR count). The van der Waals surface area contributed by atoms with Crippen molar-refractivity contribution in [3.05, 3.63) is 77.4 Å². The third kappa shape index (κ3) is 5.24. The van der Waals surface area contributed by atoms with Crippen LogP contribution >= 0.6 is 0 Å². The van der Waals surface area contributed by atoms with Crippen LogP contribution < -0.4 is 15.4 Å². The first-order valence-electron chi connectivity index (χ1n) is 9.81. The lowest BCUT2D eigenvalue weighted by Gasteiger charge is -2.15. The Morgan fingerprint density at radius 3 is 2.16 bits per heavy atom. The smallest absolute Gasteiger partial charge is 0.243 e. The van der Waals surface area contributed by atoms with Crippen molar-refractivity contribution < 1.29 is 17.9 Å². The van der Waals surface area contributed by atoms with Gasteiger partial charge in [0.05, 0.1) is 23.4 Å². The van der Waals surface area contributed by atoms with Crippen molar-refractivity contribution in [2.24, 2.45) is 0 Å². The van der Waals surface area contributed by atoms with Crippen LogP contribution in [0.25, 0.3) is 0 Å². The second-order valence-corrected chi connectivity index (χ2v) is 9.30. The third-order valence-electron chi connectivity index (χ3n) is 4.94. The second kappa shape index (κ2) is 9.22. The molecule has 0 saturated heterocycles. The number of hydrogen-bond donors (Lipinski definition) is 2. The monoisotopic (exact) mass is 438 g/mol. The van der Waals surface area contributed by atoms with Crippen molar-refractivity contribution in [3.63, 3.8) is 0 Å². The fourth-order valence-electron chi connectivity index (χ4n) is 3.19. The molecule has 0 spiro atoms. The van der Waals surface area contributed by atoms with Gasteiger partial charge in [-0.25, -0.2) is 8.42 Å². The van der Waals surface area contributed by atoms with Gasteiger partial charge >= 0.3 is 0 Å². The topological polar surface area (TPSA) is 84.5 Å². The highest BCUT2D eigenvalue weighted by molar-refractivity contribution is 7.91. The van der Waals surface area contributed by atoms with Gasteiger partial charge in [0.1, 0.15) is 5.75 Å². The summed E-state index contributed by atoms with van der Waals surface area (Å²) in [7, 11) is -2.10. The van der Waals surface area contributed by atoms with Gasteiger partial charge in [-0.05, 0) is 80.4 Å². The number of anilines is 2. The summed E-state index contributed by atoms with van der Waals surface area (Å²) in [5.74, 6) is 0.461. The van der Waals surface area contributed by atoms with E-state index in [2.05, 4.69) is 10.6 Å². The first-order chi connectivity index (χ1) is 14.7. The van der Waals surface area contributed by atoms with Crippen LogP contribution in [0.3, 0.4) is 0 Å². The molecule has 7 heteroatoms. The fourth-order valence-corrected chi connectivity index (χ4v) is 4.79. The third-order valence-corrected chi connectivity index (χ3v) is 6.83. The number of hydrogen-bond acceptors (Lipinski definition) is 5. The Kier molecular flexibility index (Phi) is 6.65. The molecule has 0 atom stereocenters. The largest absolute Gasteiger partial charge is 0.497 e. The van der Waals surface area contributed by atoms with E-state index in [1.165, 1.54) is 0 Å². The van der Waals surface area contributed by atoms with Crippen molar-refractivity contribution in [1.82, 2.24) is 0 Å².